The molecule has 0 aliphatic carbocycles. The fourth-order valence-corrected chi connectivity index (χ4v) is 3.51. The van der Waals surface area contributed by atoms with Crippen LogP contribution in [0.15, 0.2) is 71.0 Å². The third-order valence-electron chi connectivity index (χ3n) is 4.90. The number of rotatable bonds is 3. The van der Waals surface area contributed by atoms with Crippen molar-refractivity contribution in [2.24, 2.45) is 0 Å². The summed E-state index contributed by atoms with van der Waals surface area (Å²) >= 11 is 0. The Kier molecular flexibility index (Phi) is 4.17. The van der Waals surface area contributed by atoms with E-state index in [4.69, 9.17) is 0 Å². The molecule has 0 atom stereocenters. The average molecular weight is 371 g/mol. The molecule has 0 bridgehead atoms. The van der Waals surface area contributed by atoms with Crippen molar-refractivity contribution in [2.45, 2.75) is 6.54 Å². The number of nitriles is 1. The van der Waals surface area contributed by atoms with Crippen LogP contribution in [0.3, 0.4) is 0 Å². The van der Waals surface area contributed by atoms with Crippen LogP contribution in [0.25, 0.3) is 10.9 Å². The Morgan fingerprint density at radius 3 is 2.29 bits per heavy atom. The van der Waals surface area contributed by atoms with Gasteiger partial charge in [-0.05, 0) is 24.3 Å². The minimum atomic E-state index is -0.441. The van der Waals surface area contributed by atoms with Crippen LogP contribution >= 0.6 is 0 Å². The summed E-state index contributed by atoms with van der Waals surface area (Å²) in [6.07, 6.45) is 1.35. The minimum absolute atomic E-state index is 0.00117. The lowest BCUT2D eigenvalue weighted by atomic mass is 10.1. The second-order valence-corrected chi connectivity index (χ2v) is 6.54. The largest absolute Gasteiger partial charge is 0.328 e. The third kappa shape index (κ3) is 2.63. The van der Waals surface area contributed by atoms with Gasteiger partial charge in [-0.25, -0.2) is 4.98 Å². The van der Waals surface area contributed by atoms with Crippen LogP contribution in [0.5, 0.6) is 0 Å². The van der Waals surface area contributed by atoms with Crippen LogP contribution in [0.1, 0.15) is 0 Å². The molecule has 138 valence electrons. The third-order valence-corrected chi connectivity index (χ3v) is 4.90. The van der Waals surface area contributed by atoms with Crippen LogP contribution < -0.4 is 15.4 Å². The lowest BCUT2D eigenvalue weighted by Gasteiger charge is -2.20. The van der Waals surface area contributed by atoms with E-state index in [0.717, 1.165) is 11.4 Å². The van der Waals surface area contributed by atoms with E-state index in [1.165, 1.54) is 10.9 Å². The first-order valence-corrected chi connectivity index (χ1v) is 8.71. The van der Waals surface area contributed by atoms with Crippen molar-refractivity contribution in [1.29, 1.82) is 5.26 Å². The van der Waals surface area contributed by atoms with E-state index < -0.39 is 5.78 Å². The van der Waals surface area contributed by atoms with Gasteiger partial charge < -0.3 is 9.80 Å². The highest BCUT2D eigenvalue weighted by Gasteiger charge is 2.31. The summed E-state index contributed by atoms with van der Waals surface area (Å²) in [6, 6.07) is 16.6. The van der Waals surface area contributed by atoms with E-state index in [0.29, 0.717) is 16.7 Å². The predicted octanol–water partition coefficient (Wildman–Crippen LogP) is 2.29. The molecular weight excluding hydrogens is 354 g/mol. The highest BCUT2D eigenvalue weighted by atomic mass is 16.1. The molecular formula is C21H17N5O2. The molecule has 1 aliphatic rings. The zero-order chi connectivity index (χ0) is 19.8. The Labute approximate surface area is 161 Å². The monoisotopic (exact) mass is 371 g/mol. The van der Waals surface area contributed by atoms with Crippen molar-refractivity contribution in [1.82, 2.24) is 9.55 Å². The molecule has 2 heterocycles. The Morgan fingerprint density at radius 1 is 1.04 bits per heavy atom. The predicted molar refractivity (Wildman–Crippen MR) is 107 cm³/mol. The topological polar surface area (TPSA) is 82.2 Å². The van der Waals surface area contributed by atoms with Gasteiger partial charge in [0.15, 0.2) is 5.78 Å². The summed E-state index contributed by atoms with van der Waals surface area (Å²) in [6.45, 7) is -0.249. The van der Waals surface area contributed by atoms with Gasteiger partial charge in [-0.2, -0.15) is 5.26 Å². The fourth-order valence-electron chi connectivity index (χ4n) is 3.51. The number of hydrogen-bond acceptors (Lipinski definition) is 6. The Bertz CT molecular complexity index is 1200. The molecule has 4 rings (SSSR count). The highest BCUT2D eigenvalue weighted by molar-refractivity contribution is 6.02. The molecule has 0 spiro atoms. The van der Waals surface area contributed by atoms with Crippen molar-refractivity contribution < 1.29 is 4.79 Å². The molecule has 0 fully saturated rings. The smallest absolute Gasteiger partial charge is 0.261 e. The van der Waals surface area contributed by atoms with E-state index in [2.05, 4.69) is 4.98 Å². The Balaban J connectivity index is 1.74. The van der Waals surface area contributed by atoms with Gasteiger partial charge in [-0.3, -0.25) is 14.2 Å². The van der Waals surface area contributed by atoms with Gasteiger partial charge in [0.2, 0.25) is 0 Å². The summed E-state index contributed by atoms with van der Waals surface area (Å²) in [5.74, 6) is 0.0543. The number of ketones is 1. The lowest BCUT2D eigenvalue weighted by molar-refractivity contribution is -0.115. The Morgan fingerprint density at radius 2 is 1.64 bits per heavy atom. The van der Waals surface area contributed by atoms with E-state index in [1.54, 1.807) is 24.3 Å². The van der Waals surface area contributed by atoms with Gasteiger partial charge in [0, 0.05) is 14.1 Å². The average Bonchev–Trinajstić information content (AvgIpc) is 2.96. The van der Waals surface area contributed by atoms with Crippen LogP contribution in [0.4, 0.5) is 11.4 Å². The molecule has 0 N–H and O–H groups in total. The first kappa shape index (κ1) is 17.5. The van der Waals surface area contributed by atoms with Gasteiger partial charge in [0.25, 0.3) is 5.56 Å². The number of allylic oxidation sites excluding steroid dienone is 1. The van der Waals surface area contributed by atoms with E-state index in [-0.39, 0.29) is 17.7 Å². The summed E-state index contributed by atoms with van der Waals surface area (Å²) in [4.78, 5) is 33.5. The van der Waals surface area contributed by atoms with Crippen LogP contribution in [0.2, 0.25) is 0 Å². The van der Waals surface area contributed by atoms with E-state index >= 15 is 0 Å². The van der Waals surface area contributed by atoms with Crippen molar-refractivity contribution in [2.75, 3.05) is 23.9 Å². The minimum Gasteiger partial charge on any atom is -0.328 e. The normalized spacial score (nSPS) is 12.8. The second-order valence-electron chi connectivity index (χ2n) is 6.54. The molecule has 0 amide bonds. The maximum absolute atomic E-state index is 12.9. The van der Waals surface area contributed by atoms with Crippen molar-refractivity contribution in [3.8, 4) is 6.07 Å². The number of Topliss-reactive ketones (excluding diaryl/α,β-unsaturated/α-hetero) is 1. The molecule has 3 aromatic rings. The summed E-state index contributed by atoms with van der Waals surface area (Å²) in [7, 11) is 3.62. The summed E-state index contributed by atoms with van der Waals surface area (Å²) in [5, 5.41) is 10.1. The van der Waals surface area contributed by atoms with Crippen LogP contribution in [-0.2, 0) is 11.3 Å². The molecule has 0 radical (unpaired) electrons. The fraction of sp³-hybridized carbons (Fsp3) is 0.143. The molecule has 0 saturated carbocycles. The number of fused-ring (bicyclic) bond motifs is 2. The number of anilines is 2. The van der Waals surface area contributed by atoms with Crippen LogP contribution in [-0.4, -0.2) is 29.4 Å². The van der Waals surface area contributed by atoms with Crippen molar-refractivity contribution in [3.63, 3.8) is 0 Å². The maximum atomic E-state index is 12.9. The number of carbonyl (C=O) groups is 1. The molecule has 0 unspecified atom stereocenters. The number of aromatic nitrogens is 2. The van der Waals surface area contributed by atoms with Crippen molar-refractivity contribution in [3.05, 3.63) is 76.6 Å². The molecule has 1 aromatic heterocycles. The van der Waals surface area contributed by atoms with Gasteiger partial charge in [-0.1, -0.05) is 24.3 Å². The number of carbonyl (C=O) groups excluding carboxylic acids is 1. The standard InChI is InChI=1S/C21H17N5O2/c1-24-17-9-5-6-10-18(17)25(2)20(24)15(11-22)19(27)12-26-13-23-16-8-4-3-7-14(16)21(26)28/h3-10,13H,12H2,1-2H3. The van der Waals surface area contributed by atoms with E-state index in [1.807, 2.05) is 54.2 Å². The maximum Gasteiger partial charge on any atom is 0.261 e. The van der Waals surface area contributed by atoms with Crippen molar-refractivity contribution >= 4 is 28.1 Å². The number of benzene rings is 2. The summed E-state index contributed by atoms with van der Waals surface area (Å²) in [5.41, 5.74) is 2.08. The van der Waals surface area contributed by atoms with Gasteiger partial charge in [-0.15, -0.1) is 0 Å². The second kappa shape index (κ2) is 6.67. The first-order valence-electron chi connectivity index (χ1n) is 8.71. The van der Waals surface area contributed by atoms with Crippen LogP contribution in [0, 0.1) is 11.3 Å². The van der Waals surface area contributed by atoms with Gasteiger partial charge in [0.1, 0.15) is 17.5 Å². The first-order chi connectivity index (χ1) is 13.5. The molecule has 1 aliphatic heterocycles. The number of para-hydroxylation sites is 3. The highest BCUT2D eigenvalue weighted by Crippen LogP contribution is 2.40. The van der Waals surface area contributed by atoms with Gasteiger partial charge >= 0.3 is 0 Å². The SMILES string of the molecule is CN1C(=C(C#N)C(=O)Cn2cnc3ccccc3c2=O)N(C)c2ccccc21. The molecule has 7 nitrogen and oxygen atoms in total. The quantitative estimate of drug-likeness (QED) is 0.519. The molecule has 28 heavy (non-hydrogen) atoms. The lowest BCUT2D eigenvalue weighted by Crippen LogP contribution is -2.30. The molecule has 7 heteroatoms. The molecule has 2 aromatic carbocycles. The zero-order valence-corrected chi connectivity index (χ0v) is 15.5. The molecule has 0 saturated heterocycles. The number of hydrogen-bond donors (Lipinski definition) is 0. The Hall–Kier alpha value is -3.92. The van der Waals surface area contributed by atoms with E-state index in [9.17, 15) is 14.9 Å². The zero-order valence-electron chi connectivity index (χ0n) is 15.5. The number of nitrogens with zero attached hydrogens (tertiary/aromatic N) is 5. The summed E-state index contributed by atoms with van der Waals surface area (Å²) < 4.78 is 1.24. The van der Waals surface area contributed by atoms with Gasteiger partial charge in [0.05, 0.1) is 35.1 Å².